The second-order valence-corrected chi connectivity index (χ2v) is 4.67. The summed E-state index contributed by atoms with van der Waals surface area (Å²) in [5.74, 6) is 0.631. The van der Waals surface area contributed by atoms with Crippen LogP contribution in [-0.2, 0) is 0 Å². The monoisotopic (exact) mass is 183 g/mol. The van der Waals surface area contributed by atoms with Crippen molar-refractivity contribution >= 4 is 0 Å². The molecule has 2 fully saturated rings. The first-order chi connectivity index (χ1) is 6.24. The zero-order valence-corrected chi connectivity index (χ0v) is 8.63. The second-order valence-electron chi connectivity index (χ2n) is 4.67. The minimum atomic E-state index is -0.288. The molecule has 2 aliphatic rings. The van der Waals surface area contributed by atoms with Crippen LogP contribution in [0.2, 0.25) is 0 Å². The third-order valence-corrected chi connectivity index (χ3v) is 4.03. The van der Waals surface area contributed by atoms with Crippen molar-refractivity contribution in [3.05, 3.63) is 0 Å². The zero-order chi connectivity index (χ0) is 9.31. The summed E-state index contributed by atoms with van der Waals surface area (Å²) < 4.78 is 0. The molecular formula is C11H21NO. The normalized spacial score (nSPS) is 30.0. The molecule has 2 nitrogen and oxygen atoms in total. The van der Waals surface area contributed by atoms with Gasteiger partial charge < -0.3 is 10.0 Å². The van der Waals surface area contributed by atoms with Crippen molar-refractivity contribution in [3.8, 4) is 0 Å². The van der Waals surface area contributed by atoms with Crippen LogP contribution in [0.1, 0.15) is 39.0 Å². The standard InChI is InChI=1S/C11H21NO/c1-2-12-8-6-11(13,7-9-12)10-4-3-5-10/h10,13H,2-9H2,1H3. The maximum atomic E-state index is 10.4. The van der Waals surface area contributed by atoms with Gasteiger partial charge in [-0.15, -0.1) is 0 Å². The van der Waals surface area contributed by atoms with Crippen LogP contribution < -0.4 is 0 Å². The molecule has 13 heavy (non-hydrogen) atoms. The highest BCUT2D eigenvalue weighted by atomic mass is 16.3. The van der Waals surface area contributed by atoms with Gasteiger partial charge in [0.25, 0.3) is 0 Å². The summed E-state index contributed by atoms with van der Waals surface area (Å²) in [4.78, 5) is 2.44. The highest BCUT2D eigenvalue weighted by Crippen LogP contribution is 2.41. The van der Waals surface area contributed by atoms with E-state index in [4.69, 9.17) is 0 Å². The van der Waals surface area contributed by atoms with Gasteiger partial charge in [0, 0.05) is 13.1 Å². The Balaban J connectivity index is 1.87. The first-order valence-corrected chi connectivity index (χ1v) is 5.69. The summed E-state index contributed by atoms with van der Waals surface area (Å²) in [5.41, 5.74) is -0.288. The Morgan fingerprint density at radius 3 is 2.31 bits per heavy atom. The average molecular weight is 183 g/mol. The summed E-state index contributed by atoms with van der Waals surface area (Å²) in [7, 11) is 0. The van der Waals surface area contributed by atoms with Gasteiger partial charge in [-0.1, -0.05) is 13.3 Å². The number of hydrogen-bond donors (Lipinski definition) is 1. The topological polar surface area (TPSA) is 23.5 Å². The lowest BCUT2D eigenvalue weighted by Gasteiger charge is -2.46. The molecule has 1 aliphatic heterocycles. The van der Waals surface area contributed by atoms with E-state index in [1.807, 2.05) is 0 Å². The van der Waals surface area contributed by atoms with Crippen LogP contribution in [-0.4, -0.2) is 35.2 Å². The van der Waals surface area contributed by atoms with E-state index in [-0.39, 0.29) is 5.60 Å². The first-order valence-electron chi connectivity index (χ1n) is 5.69. The molecule has 0 unspecified atom stereocenters. The lowest BCUT2D eigenvalue weighted by molar-refractivity contribution is -0.0902. The lowest BCUT2D eigenvalue weighted by Crippen LogP contribution is -2.50. The molecule has 1 saturated heterocycles. The van der Waals surface area contributed by atoms with Gasteiger partial charge in [0.05, 0.1) is 5.60 Å². The van der Waals surface area contributed by atoms with Crippen LogP contribution >= 0.6 is 0 Å². The van der Waals surface area contributed by atoms with E-state index in [0.29, 0.717) is 5.92 Å². The predicted octanol–water partition coefficient (Wildman–Crippen LogP) is 1.63. The number of aliphatic hydroxyl groups is 1. The van der Waals surface area contributed by atoms with Crippen molar-refractivity contribution in [2.45, 2.75) is 44.6 Å². The van der Waals surface area contributed by atoms with Crippen LogP contribution in [0.5, 0.6) is 0 Å². The van der Waals surface area contributed by atoms with Crippen molar-refractivity contribution in [1.82, 2.24) is 4.90 Å². The minimum Gasteiger partial charge on any atom is -0.390 e. The summed E-state index contributed by atoms with van der Waals surface area (Å²) >= 11 is 0. The Hall–Kier alpha value is -0.0800. The van der Waals surface area contributed by atoms with Gasteiger partial charge in [0.1, 0.15) is 0 Å². The molecule has 0 spiro atoms. The molecule has 0 bridgehead atoms. The quantitative estimate of drug-likeness (QED) is 0.703. The Bertz CT molecular complexity index is 169. The van der Waals surface area contributed by atoms with Crippen molar-refractivity contribution < 1.29 is 5.11 Å². The van der Waals surface area contributed by atoms with E-state index in [0.717, 1.165) is 32.5 Å². The van der Waals surface area contributed by atoms with Gasteiger partial charge in [-0.05, 0) is 38.1 Å². The van der Waals surface area contributed by atoms with E-state index in [9.17, 15) is 5.11 Å². The number of rotatable bonds is 2. The molecule has 0 aromatic heterocycles. The highest BCUT2D eigenvalue weighted by Gasteiger charge is 2.41. The lowest BCUT2D eigenvalue weighted by atomic mass is 9.69. The summed E-state index contributed by atoms with van der Waals surface area (Å²) in [6.45, 7) is 5.54. The van der Waals surface area contributed by atoms with E-state index in [1.54, 1.807) is 0 Å². The number of hydrogen-bond acceptors (Lipinski definition) is 2. The van der Waals surface area contributed by atoms with E-state index < -0.39 is 0 Å². The summed E-state index contributed by atoms with van der Waals surface area (Å²) in [5, 5.41) is 10.4. The molecule has 0 radical (unpaired) electrons. The van der Waals surface area contributed by atoms with Crippen molar-refractivity contribution in [3.63, 3.8) is 0 Å². The van der Waals surface area contributed by atoms with Crippen LogP contribution in [0.25, 0.3) is 0 Å². The van der Waals surface area contributed by atoms with Gasteiger partial charge in [0.15, 0.2) is 0 Å². The van der Waals surface area contributed by atoms with Gasteiger partial charge in [-0.3, -0.25) is 0 Å². The molecule has 1 heterocycles. The largest absolute Gasteiger partial charge is 0.390 e. The Labute approximate surface area is 80.9 Å². The van der Waals surface area contributed by atoms with Gasteiger partial charge in [0.2, 0.25) is 0 Å². The van der Waals surface area contributed by atoms with E-state index in [2.05, 4.69) is 11.8 Å². The minimum absolute atomic E-state index is 0.288. The third-order valence-electron chi connectivity index (χ3n) is 4.03. The Kier molecular flexibility index (Phi) is 2.61. The summed E-state index contributed by atoms with van der Waals surface area (Å²) in [6.07, 6.45) is 5.88. The number of piperidine rings is 1. The van der Waals surface area contributed by atoms with Gasteiger partial charge in [-0.25, -0.2) is 0 Å². The predicted molar refractivity (Wildman–Crippen MR) is 53.6 cm³/mol. The first kappa shape index (κ1) is 9.47. The van der Waals surface area contributed by atoms with Crippen LogP contribution in [0.15, 0.2) is 0 Å². The fraction of sp³-hybridized carbons (Fsp3) is 1.00. The number of nitrogens with zero attached hydrogens (tertiary/aromatic N) is 1. The fourth-order valence-corrected chi connectivity index (χ4v) is 2.61. The maximum absolute atomic E-state index is 10.4. The van der Waals surface area contributed by atoms with Crippen molar-refractivity contribution in [1.29, 1.82) is 0 Å². The zero-order valence-electron chi connectivity index (χ0n) is 8.63. The van der Waals surface area contributed by atoms with E-state index in [1.165, 1.54) is 19.3 Å². The van der Waals surface area contributed by atoms with Crippen molar-refractivity contribution in [2.24, 2.45) is 5.92 Å². The van der Waals surface area contributed by atoms with Crippen LogP contribution in [0.4, 0.5) is 0 Å². The summed E-state index contributed by atoms with van der Waals surface area (Å²) in [6, 6.07) is 0. The molecule has 1 N–H and O–H groups in total. The molecule has 0 amide bonds. The molecule has 2 rings (SSSR count). The molecule has 0 aromatic carbocycles. The molecule has 2 heteroatoms. The van der Waals surface area contributed by atoms with Gasteiger partial charge in [-0.2, -0.15) is 0 Å². The Morgan fingerprint density at radius 1 is 1.31 bits per heavy atom. The maximum Gasteiger partial charge on any atom is 0.0700 e. The fourth-order valence-electron chi connectivity index (χ4n) is 2.61. The average Bonchev–Trinajstić information content (AvgIpc) is 2.02. The third kappa shape index (κ3) is 1.75. The highest BCUT2D eigenvalue weighted by molar-refractivity contribution is 4.94. The molecule has 76 valence electrons. The molecular weight excluding hydrogens is 162 g/mol. The van der Waals surface area contributed by atoms with Crippen LogP contribution in [0.3, 0.4) is 0 Å². The van der Waals surface area contributed by atoms with Crippen molar-refractivity contribution in [2.75, 3.05) is 19.6 Å². The van der Waals surface area contributed by atoms with E-state index >= 15 is 0 Å². The Morgan fingerprint density at radius 2 is 1.92 bits per heavy atom. The molecule has 1 saturated carbocycles. The second kappa shape index (κ2) is 3.58. The van der Waals surface area contributed by atoms with Crippen LogP contribution in [0, 0.1) is 5.92 Å². The smallest absolute Gasteiger partial charge is 0.0700 e. The molecule has 0 atom stereocenters. The number of likely N-dealkylation sites (tertiary alicyclic amines) is 1. The molecule has 0 aromatic rings. The van der Waals surface area contributed by atoms with Gasteiger partial charge >= 0.3 is 0 Å². The molecule has 1 aliphatic carbocycles. The SMILES string of the molecule is CCN1CCC(O)(C2CCC2)CC1.